The van der Waals surface area contributed by atoms with Gasteiger partial charge >= 0.3 is 0 Å². The molecule has 1 aliphatic carbocycles. The Hall–Kier alpha value is -0.900. The van der Waals surface area contributed by atoms with Crippen LogP contribution in [0.1, 0.15) is 45.4 Å². The minimum Gasteiger partial charge on any atom is -0.313 e. The van der Waals surface area contributed by atoms with Crippen LogP contribution < -0.4 is 5.32 Å². The second kappa shape index (κ2) is 6.32. The highest BCUT2D eigenvalue weighted by Crippen LogP contribution is 2.30. The van der Waals surface area contributed by atoms with Gasteiger partial charge in [0, 0.05) is 26.1 Å². The molecular formula is C14H26N4. The third kappa shape index (κ3) is 3.55. The third-order valence-corrected chi connectivity index (χ3v) is 4.08. The number of rotatable bonds is 5. The molecule has 1 saturated carbocycles. The quantitative estimate of drug-likeness (QED) is 0.871. The summed E-state index contributed by atoms with van der Waals surface area (Å²) in [5.41, 5.74) is 0. The van der Waals surface area contributed by atoms with Crippen LogP contribution in [-0.2, 0) is 13.5 Å². The average molecular weight is 250 g/mol. The molecule has 1 heterocycles. The molecule has 2 atom stereocenters. The molecule has 2 rings (SSSR count). The number of hydrogen-bond donors (Lipinski definition) is 1. The van der Waals surface area contributed by atoms with Gasteiger partial charge in [-0.3, -0.25) is 4.68 Å². The predicted octanol–water partition coefficient (Wildman–Crippen LogP) is 2.16. The number of hydrogen-bond acceptors (Lipinski definition) is 3. The zero-order chi connectivity index (χ0) is 13.0. The molecule has 102 valence electrons. The van der Waals surface area contributed by atoms with Crippen LogP contribution >= 0.6 is 0 Å². The summed E-state index contributed by atoms with van der Waals surface area (Å²) in [4.78, 5) is 4.26. The zero-order valence-corrected chi connectivity index (χ0v) is 11.9. The molecule has 0 saturated heterocycles. The van der Waals surface area contributed by atoms with Crippen molar-refractivity contribution in [1.82, 2.24) is 20.1 Å². The van der Waals surface area contributed by atoms with Crippen LogP contribution in [0.4, 0.5) is 0 Å². The molecule has 1 aromatic heterocycles. The fraction of sp³-hybridized carbons (Fsp3) is 0.857. The van der Waals surface area contributed by atoms with Crippen molar-refractivity contribution in [1.29, 1.82) is 0 Å². The van der Waals surface area contributed by atoms with Gasteiger partial charge in [-0.05, 0) is 24.7 Å². The molecule has 0 radical (unpaired) electrons. The van der Waals surface area contributed by atoms with E-state index in [2.05, 4.69) is 29.2 Å². The van der Waals surface area contributed by atoms with Gasteiger partial charge in [-0.2, -0.15) is 5.10 Å². The van der Waals surface area contributed by atoms with Crippen LogP contribution in [-0.4, -0.2) is 27.4 Å². The van der Waals surface area contributed by atoms with Crippen LogP contribution in [0.15, 0.2) is 6.33 Å². The Morgan fingerprint density at radius 2 is 2.17 bits per heavy atom. The third-order valence-electron chi connectivity index (χ3n) is 4.08. The normalized spacial score (nSPS) is 24.7. The van der Waals surface area contributed by atoms with E-state index in [0.717, 1.165) is 30.6 Å². The Bertz CT molecular complexity index is 358. The Morgan fingerprint density at radius 1 is 1.39 bits per heavy atom. The van der Waals surface area contributed by atoms with Crippen molar-refractivity contribution in [3.63, 3.8) is 0 Å². The van der Waals surface area contributed by atoms with Crippen LogP contribution in [0, 0.1) is 11.8 Å². The summed E-state index contributed by atoms with van der Waals surface area (Å²) < 4.78 is 1.77. The second-order valence-electron chi connectivity index (χ2n) is 5.84. The van der Waals surface area contributed by atoms with Crippen molar-refractivity contribution in [3.05, 3.63) is 12.2 Å². The average Bonchev–Trinajstić information content (AvgIpc) is 2.75. The molecule has 0 aliphatic heterocycles. The van der Waals surface area contributed by atoms with Crippen molar-refractivity contribution in [2.24, 2.45) is 18.9 Å². The maximum absolute atomic E-state index is 4.31. The van der Waals surface area contributed by atoms with Crippen molar-refractivity contribution in [2.45, 2.75) is 52.0 Å². The molecule has 4 heteroatoms. The summed E-state index contributed by atoms with van der Waals surface area (Å²) in [7, 11) is 1.92. The Balaban J connectivity index is 1.77. The van der Waals surface area contributed by atoms with E-state index >= 15 is 0 Å². The number of nitrogens with zero attached hydrogens (tertiary/aromatic N) is 3. The summed E-state index contributed by atoms with van der Waals surface area (Å²) >= 11 is 0. The summed E-state index contributed by atoms with van der Waals surface area (Å²) in [5, 5.41) is 8.03. The van der Waals surface area contributed by atoms with Gasteiger partial charge in [0.2, 0.25) is 0 Å². The van der Waals surface area contributed by atoms with E-state index < -0.39 is 0 Å². The van der Waals surface area contributed by atoms with E-state index in [1.54, 1.807) is 11.0 Å². The smallest absolute Gasteiger partial charge is 0.151 e. The molecule has 1 fully saturated rings. The maximum atomic E-state index is 4.31. The minimum absolute atomic E-state index is 0.697. The highest BCUT2D eigenvalue weighted by atomic mass is 15.3. The van der Waals surface area contributed by atoms with Gasteiger partial charge < -0.3 is 5.32 Å². The Morgan fingerprint density at radius 3 is 2.83 bits per heavy atom. The molecule has 0 spiro atoms. The van der Waals surface area contributed by atoms with Crippen LogP contribution in [0.5, 0.6) is 0 Å². The topological polar surface area (TPSA) is 42.7 Å². The Labute approximate surface area is 110 Å². The standard InChI is InChI=1S/C14H26N4/c1-11(2)12-6-4-5-7-13(12)15-9-8-14-16-10-18(3)17-14/h10-13,15H,4-9H2,1-3H3. The van der Waals surface area contributed by atoms with Crippen molar-refractivity contribution >= 4 is 0 Å². The Kier molecular flexibility index (Phi) is 4.75. The van der Waals surface area contributed by atoms with Crippen LogP contribution in [0.2, 0.25) is 0 Å². The van der Waals surface area contributed by atoms with Gasteiger partial charge in [0.25, 0.3) is 0 Å². The zero-order valence-electron chi connectivity index (χ0n) is 11.9. The van der Waals surface area contributed by atoms with Gasteiger partial charge in [0.05, 0.1) is 0 Å². The van der Waals surface area contributed by atoms with E-state index in [1.165, 1.54) is 25.7 Å². The summed E-state index contributed by atoms with van der Waals surface area (Å²) in [5.74, 6) is 2.58. The summed E-state index contributed by atoms with van der Waals surface area (Å²) in [6.45, 7) is 5.70. The van der Waals surface area contributed by atoms with Crippen LogP contribution in [0.25, 0.3) is 0 Å². The largest absolute Gasteiger partial charge is 0.313 e. The molecule has 1 aromatic rings. The fourth-order valence-corrected chi connectivity index (χ4v) is 3.08. The lowest BCUT2D eigenvalue weighted by Crippen LogP contribution is -2.41. The summed E-state index contributed by atoms with van der Waals surface area (Å²) in [6, 6.07) is 0.697. The molecule has 4 nitrogen and oxygen atoms in total. The second-order valence-corrected chi connectivity index (χ2v) is 5.84. The van der Waals surface area contributed by atoms with Crippen LogP contribution in [0.3, 0.4) is 0 Å². The maximum Gasteiger partial charge on any atom is 0.151 e. The van der Waals surface area contributed by atoms with Crippen molar-refractivity contribution < 1.29 is 0 Å². The van der Waals surface area contributed by atoms with E-state index in [4.69, 9.17) is 0 Å². The first kappa shape index (κ1) is 13.5. The van der Waals surface area contributed by atoms with Gasteiger partial charge in [-0.1, -0.05) is 26.7 Å². The molecule has 2 unspecified atom stereocenters. The van der Waals surface area contributed by atoms with E-state index in [1.807, 2.05) is 7.05 Å². The summed E-state index contributed by atoms with van der Waals surface area (Å²) in [6.07, 6.45) is 8.20. The predicted molar refractivity (Wildman–Crippen MR) is 73.3 cm³/mol. The minimum atomic E-state index is 0.697. The van der Waals surface area contributed by atoms with Crippen molar-refractivity contribution in [3.8, 4) is 0 Å². The molecule has 1 N–H and O–H groups in total. The van der Waals surface area contributed by atoms with Gasteiger partial charge in [0.1, 0.15) is 6.33 Å². The van der Waals surface area contributed by atoms with Gasteiger partial charge in [-0.25, -0.2) is 4.98 Å². The monoisotopic (exact) mass is 250 g/mol. The first-order chi connectivity index (χ1) is 8.66. The van der Waals surface area contributed by atoms with Gasteiger partial charge in [0.15, 0.2) is 5.82 Å². The molecule has 0 amide bonds. The highest BCUT2D eigenvalue weighted by molar-refractivity contribution is 4.86. The number of nitrogens with one attached hydrogen (secondary N) is 1. The van der Waals surface area contributed by atoms with Gasteiger partial charge in [-0.15, -0.1) is 0 Å². The lowest BCUT2D eigenvalue weighted by atomic mass is 9.78. The fourth-order valence-electron chi connectivity index (χ4n) is 3.08. The first-order valence-electron chi connectivity index (χ1n) is 7.24. The lowest BCUT2D eigenvalue weighted by molar-refractivity contribution is 0.206. The highest BCUT2D eigenvalue weighted by Gasteiger charge is 2.26. The van der Waals surface area contributed by atoms with E-state index in [9.17, 15) is 0 Å². The van der Waals surface area contributed by atoms with E-state index in [0.29, 0.717) is 6.04 Å². The molecule has 18 heavy (non-hydrogen) atoms. The molecule has 0 bridgehead atoms. The number of aromatic nitrogens is 3. The van der Waals surface area contributed by atoms with E-state index in [-0.39, 0.29) is 0 Å². The first-order valence-corrected chi connectivity index (χ1v) is 7.24. The lowest BCUT2D eigenvalue weighted by Gasteiger charge is -2.35. The molecule has 1 aliphatic rings. The molecular weight excluding hydrogens is 224 g/mol. The SMILES string of the molecule is CC(C)C1CCCCC1NCCc1ncn(C)n1. The molecule has 0 aromatic carbocycles. The van der Waals surface area contributed by atoms with Crippen molar-refractivity contribution in [2.75, 3.05) is 6.54 Å². The number of aryl methyl sites for hydroxylation is 1.